The Balaban J connectivity index is 1.77. The molecule has 2 aromatic carbocycles. The summed E-state index contributed by atoms with van der Waals surface area (Å²) in [6.45, 7) is 4.77. The summed E-state index contributed by atoms with van der Waals surface area (Å²) < 4.78 is 34.7. The smallest absolute Gasteiger partial charge is 0.252 e. The molecule has 0 unspecified atom stereocenters. The summed E-state index contributed by atoms with van der Waals surface area (Å²) in [6.07, 6.45) is 1.53. The van der Waals surface area contributed by atoms with Crippen molar-refractivity contribution in [3.05, 3.63) is 74.0 Å². The summed E-state index contributed by atoms with van der Waals surface area (Å²) in [5.41, 5.74) is 2.98. The maximum absolute atomic E-state index is 13.6. The van der Waals surface area contributed by atoms with Gasteiger partial charge in [-0.1, -0.05) is 18.2 Å². The van der Waals surface area contributed by atoms with Gasteiger partial charge in [0.05, 0.1) is 11.0 Å². The van der Waals surface area contributed by atoms with Gasteiger partial charge in [0.15, 0.2) is 0 Å². The maximum atomic E-state index is 13.6. The zero-order chi connectivity index (χ0) is 22.2. The number of benzene rings is 2. The second-order valence-corrected chi connectivity index (χ2v) is 10.8. The van der Waals surface area contributed by atoms with Gasteiger partial charge in [0, 0.05) is 40.6 Å². The van der Waals surface area contributed by atoms with Crippen LogP contribution in [0.3, 0.4) is 0 Å². The number of H-pyrrole nitrogens is 1. The van der Waals surface area contributed by atoms with E-state index >= 15 is 0 Å². The van der Waals surface area contributed by atoms with E-state index in [9.17, 15) is 13.2 Å². The van der Waals surface area contributed by atoms with Gasteiger partial charge in [-0.3, -0.25) is 4.79 Å². The molecule has 1 fully saturated rings. The van der Waals surface area contributed by atoms with Gasteiger partial charge in [0.2, 0.25) is 10.0 Å². The second-order valence-electron chi connectivity index (χ2n) is 8.03. The number of aryl methyl sites for hydroxylation is 2. The Morgan fingerprint density at radius 1 is 1.19 bits per heavy atom. The molecule has 3 aromatic rings. The molecule has 0 amide bonds. The second kappa shape index (κ2) is 8.86. The summed E-state index contributed by atoms with van der Waals surface area (Å²) in [4.78, 5) is 15.9. The lowest BCUT2D eigenvalue weighted by Crippen LogP contribution is -2.38. The summed E-state index contributed by atoms with van der Waals surface area (Å²) >= 11 is 3.36. The fraction of sp³-hybridized carbons (Fsp3) is 0.348. The molecule has 0 aliphatic carbocycles. The number of nitrogens with zero attached hydrogens (tertiary/aromatic N) is 1. The molecule has 6 nitrogen and oxygen atoms in total. The van der Waals surface area contributed by atoms with Crippen LogP contribution in [0.25, 0.3) is 10.9 Å². The third kappa shape index (κ3) is 4.62. The summed E-state index contributed by atoms with van der Waals surface area (Å²) in [5.74, 6) is 0. The van der Waals surface area contributed by atoms with E-state index in [2.05, 4.69) is 20.9 Å². The molecule has 1 aromatic heterocycles. The Morgan fingerprint density at radius 3 is 2.68 bits per heavy atom. The highest BCUT2D eigenvalue weighted by Crippen LogP contribution is 2.28. The largest absolute Gasteiger partial charge is 0.377 e. The van der Waals surface area contributed by atoms with Crippen molar-refractivity contribution in [3.63, 3.8) is 0 Å². The van der Waals surface area contributed by atoms with Crippen LogP contribution in [-0.2, 0) is 21.3 Å². The molecule has 164 valence electrons. The first-order valence-electron chi connectivity index (χ1n) is 10.2. The number of hydrogen-bond donors (Lipinski definition) is 1. The molecule has 1 N–H and O–H groups in total. The van der Waals surface area contributed by atoms with Gasteiger partial charge < -0.3 is 9.72 Å². The standard InChI is InChI=1S/C23H25BrN2O4S/c1-15-10-16(2)19-12-17(23(27)25-21(19)11-15)13-26(14-18-6-5-9-30-18)31(28,29)22-8-4-3-7-20(22)24/h3-4,7-8,10-12,18H,5-6,9,13-14H2,1-2H3,(H,25,27)/t18-/m1/s1. The van der Waals surface area contributed by atoms with Gasteiger partial charge >= 0.3 is 0 Å². The molecule has 0 bridgehead atoms. The third-order valence-corrected chi connectivity index (χ3v) is 8.45. The number of pyridine rings is 1. The maximum Gasteiger partial charge on any atom is 0.252 e. The van der Waals surface area contributed by atoms with E-state index in [-0.39, 0.29) is 29.6 Å². The number of aromatic amines is 1. The van der Waals surface area contributed by atoms with Crippen molar-refractivity contribution >= 4 is 36.9 Å². The lowest BCUT2D eigenvalue weighted by atomic mass is 10.0. The first-order valence-corrected chi connectivity index (χ1v) is 12.5. The number of rotatable bonds is 6. The fourth-order valence-corrected chi connectivity index (χ4v) is 6.49. The Bertz CT molecular complexity index is 1280. The zero-order valence-electron chi connectivity index (χ0n) is 17.5. The van der Waals surface area contributed by atoms with Crippen LogP contribution in [-0.4, -0.2) is 37.0 Å². The van der Waals surface area contributed by atoms with Crippen LogP contribution in [0.15, 0.2) is 56.6 Å². The van der Waals surface area contributed by atoms with E-state index < -0.39 is 10.0 Å². The van der Waals surface area contributed by atoms with Gasteiger partial charge in [-0.25, -0.2) is 8.42 Å². The van der Waals surface area contributed by atoms with Crippen LogP contribution in [0.5, 0.6) is 0 Å². The molecule has 8 heteroatoms. The average Bonchev–Trinajstić information content (AvgIpc) is 3.21. The van der Waals surface area contributed by atoms with Gasteiger partial charge in [-0.05, 0) is 78.0 Å². The molecule has 1 aliphatic rings. The summed E-state index contributed by atoms with van der Waals surface area (Å²) in [7, 11) is -3.85. The monoisotopic (exact) mass is 504 g/mol. The van der Waals surface area contributed by atoms with Crippen molar-refractivity contribution in [2.75, 3.05) is 13.2 Å². The molecule has 31 heavy (non-hydrogen) atoms. The van der Waals surface area contributed by atoms with Crippen LogP contribution in [0, 0.1) is 13.8 Å². The predicted molar refractivity (Wildman–Crippen MR) is 125 cm³/mol. The average molecular weight is 505 g/mol. The highest BCUT2D eigenvalue weighted by molar-refractivity contribution is 9.10. The molecule has 4 rings (SSSR count). The lowest BCUT2D eigenvalue weighted by Gasteiger charge is -2.25. The Hall–Kier alpha value is -2.00. The van der Waals surface area contributed by atoms with Crippen LogP contribution in [0.2, 0.25) is 0 Å². The number of nitrogens with one attached hydrogen (secondary N) is 1. The predicted octanol–water partition coefficient (Wildman–Crippen LogP) is 4.28. The highest BCUT2D eigenvalue weighted by Gasteiger charge is 2.31. The van der Waals surface area contributed by atoms with Gasteiger partial charge in [0.25, 0.3) is 5.56 Å². The minimum absolute atomic E-state index is 0.0257. The minimum atomic E-state index is -3.85. The Morgan fingerprint density at radius 2 is 1.97 bits per heavy atom. The molecule has 0 spiro atoms. The van der Waals surface area contributed by atoms with Crippen LogP contribution in [0.1, 0.15) is 29.5 Å². The minimum Gasteiger partial charge on any atom is -0.377 e. The Kier molecular flexibility index (Phi) is 6.35. The van der Waals surface area contributed by atoms with E-state index in [1.54, 1.807) is 30.3 Å². The number of hydrogen-bond acceptors (Lipinski definition) is 4. The molecular weight excluding hydrogens is 480 g/mol. The molecule has 2 heterocycles. The van der Waals surface area contributed by atoms with Crippen molar-refractivity contribution in [2.45, 2.75) is 44.2 Å². The molecule has 1 aliphatic heterocycles. The van der Waals surface area contributed by atoms with E-state index in [1.165, 1.54) is 4.31 Å². The van der Waals surface area contributed by atoms with Crippen molar-refractivity contribution in [2.24, 2.45) is 0 Å². The summed E-state index contributed by atoms with van der Waals surface area (Å²) in [5, 5.41) is 0.913. The van der Waals surface area contributed by atoms with Gasteiger partial charge in [-0.2, -0.15) is 4.31 Å². The van der Waals surface area contributed by atoms with Gasteiger partial charge in [-0.15, -0.1) is 0 Å². The highest BCUT2D eigenvalue weighted by atomic mass is 79.9. The van der Waals surface area contributed by atoms with Crippen LogP contribution >= 0.6 is 15.9 Å². The zero-order valence-corrected chi connectivity index (χ0v) is 19.9. The molecule has 1 saturated heterocycles. The van der Waals surface area contributed by atoms with E-state index in [1.807, 2.05) is 26.0 Å². The number of halogens is 1. The van der Waals surface area contributed by atoms with E-state index in [0.29, 0.717) is 16.6 Å². The van der Waals surface area contributed by atoms with Crippen molar-refractivity contribution in [1.82, 2.24) is 9.29 Å². The first-order chi connectivity index (χ1) is 14.8. The number of sulfonamides is 1. The van der Waals surface area contributed by atoms with Gasteiger partial charge in [0.1, 0.15) is 0 Å². The molecule has 1 atom stereocenters. The topological polar surface area (TPSA) is 79.5 Å². The van der Waals surface area contributed by atoms with Crippen LogP contribution < -0.4 is 5.56 Å². The number of ether oxygens (including phenoxy) is 1. The van der Waals surface area contributed by atoms with Crippen molar-refractivity contribution < 1.29 is 13.2 Å². The lowest BCUT2D eigenvalue weighted by molar-refractivity contribution is 0.0925. The first kappa shape index (κ1) is 22.2. The molecule has 0 radical (unpaired) electrons. The van der Waals surface area contributed by atoms with Crippen LogP contribution in [0.4, 0.5) is 0 Å². The third-order valence-electron chi connectivity index (χ3n) is 5.62. The quantitative estimate of drug-likeness (QED) is 0.543. The van der Waals surface area contributed by atoms with Crippen molar-refractivity contribution in [1.29, 1.82) is 0 Å². The number of aromatic nitrogens is 1. The Labute approximate surface area is 190 Å². The van der Waals surface area contributed by atoms with E-state index in [0.717, 1.165) is 34.9 Å². The SMILES string of the molecule is Cc1cc(C)c2cc(CN(C[C@H]3CCCO3)S(=O)(=O)c3ccccc3Br)c(=O)[nH]c2c1. The normalized spacial score (nSPS) is 17.0. The fourth-order valence-electron chi connectivity index (χ4n) is 4.08. The molecule has 0 saturated carbocycles. The number of fused-ring (bicyclic) bond motifs is 1. The van der Waals surface area contributed by atoms with Crippen molar-refractivity contribution in [3.8, 4) is 0 Å². The van der Waals surface area contributed by atoms with E-state index in [4.69, 9.17) is 4.74 Å². The molecular formula is C23H25BrN2O4S. The summed E-state index contributed by atoms with van der Waals surface area (Å²) in [6, 6.07) is 12.5.